The van der Waals surface area contributed by atoms with Crippen LogP contribution >= 0.6 is 0 Å². The zero-order valence-corrected chi connectivity index (χ0v) is 12.0. The van der Waals surface area contributed by atoms with Crippen LogP contribution in [-0.2, 0) is 4.79 Å². The highest BCUT2D eigenvalue weighted by Crippen LogP contribution is 2.20. The lowest BCUT2D eigenvalue weighted by Gasteiger charge is -2.30. The third kappa shape index (κ3) is 4.17. The van der Waals surface area contributed by atoms with E-state index in [0.717, 1.165) is 37.1 Å². The van der Waals surface area contributed by atoms with Crippen molar-refractivity contribution in [3.05, 3.63) is 35.4 Å². The van der Waals surface area contributed by atoms with Crippen molar-refractivity contribution in [1.82, 2.24) is 4.90 Å². The number of nitrogens with zero attached hydrogens (tertiary/aromatic N) is 1. The van der Waals surface area contributed by atoms with E-state index in [1.54, 1.807) is 0 Å². The second-order valence-corrected chi connectivity index (χ2v) is 5.68. The molecule has 2 N–H and O–H groups in total. The molecule has 1 heterocycles. The summed E-state index contributed by atoms with van der Waals surface area (Å²) in [7, 11) is 0. The minimum absolute atomic E-state index is 0.169. The number of primary amides is 1. The number of Topliss-reactive ketones (excluding diaryl/α,β-unsaturated/α-hetero) is 1. The first-order chi connectivity index (χ1) is 9.54. The van der Waals surface area contributed by atoms with Crippen LogP contribution in [0.5, 0.6) is 0 Å². The van der Waals surface area contributed by atoms with Crippen molar-refractivity contribution in [2.75, 3.05) is 19.6 Å². The predicted molar refractivity (Wildman–Crippen MR) is 78.5 cm³/mol. The molecule has 4 nitrogen and oxygen atoms in total. The molecule has 0 aromatic heterocycles. The standard InChI is InChI=1S/C16H22N2O2/c1-12-3-2-4-14(9-12)15(19)11-18-7-5-13(6-8-18)10-16(17)20/h2-4,9,13H,5-8,10-11H2,1H3,(H2,17,20). The number of aryl methyl sites for hydroxylation is 1. The topological polar surface area (TPSA) is 63.4 Å². The highest BCUT2D eigenvalue weighted by molar-refractivity contribution is 5.97. The molecule has 1 saturated heterocycles. The SMILES string of the molecule is Cc1cccc(C(=O)CN2CCC(CC(N)=O)CC2)c1. The number of amides is 1. The Morgan fingerprint density at radius 2 is 2.00 bits per heavy atom. The molecule has 0 saturated carbocycles. The van der Waals surface area contributed by atoms with Gasteiger partial charge in [0.15, 0.2) is 5.78 Å². The molecule has 1 aliphatic heterocycles. The van der Waals surface area contributed by atoms with Crippen molar-refractivity contribution in [2.24, 2.45) is 11.7 Å². The largest absolute Gasteiger partial charge is 0.370 e. The molecule has 1 aromatic carbocycles. The van der Waals surface area contributed by atoms with Gasteiger partial charge in [-0.05, 0) is 44.8 Å². The molecule has 1 fully saturated rings. The molecule has 0 spiro atoms. The number of rotatable bonds is 5. The number of hydrogen-bond donors (Lipinski definition) is 1. The lowest BCUT2D eigenvalue weighted by molar-refractivity contribution is -0.119. The van der Waals surface area contributed by atoms with Crippen molar-refractivity contribution >= 4 is 11.7 Å². The van der Waals surface area contributed by atoms with Crippen LogP contribution in [0.2, 0.25) is 0 Å². The van der Waals surface area contributed by atoms with E-state index in [1.807, 2.05) is 31.2 Å². The molecular formula is C16H22N2O2. The van der Waals surface area contributed by atoms with Gasteiger partial charge in [-0.25, -0.2) is 0 Å². The van der Waals surface area contributed by atoms with Gasteiger partial charge in [-0.1, -0.05) is 23.8 Å². The fourth-order valence-corrected chi connectivity index (χ4v) is 2.75. The third-order valence-electron chi connectivity index (χ3n) is 3.90. The number of likely N-dealkylation sites (tertiary alicyclic amines) is 1. The fourth-order valence-electron chi connectivity index (χ4n) is 2.75. The van der Waals surface area contributed by atoms with E-state index in [4.69, 9.17) is 5.73 Å². The van der Waals surface area contributed by atoms with E-state index >= 15 is 0 Å². The van der Waals surface area contributed by atoms with Crippen LogP contribution < -0.4 is 5.73 Å². The van der Waals surface area contributed by atoms with E-state index < -0.39 is 0 Å². The van der Waals surface area contributed by atoms with Crippen molar-refractivity contribution in [1.29, 1.82) is 0 Å². The Balaban J connectivity index is 1.83. The second-order valence-electron chi connectivity index (χ2n) is 5.68. The minimum Gasteiger partial charge on any atom is -0.370 e. The second kappa shape index (κ2) is 6.66. The molecule has 1 aromatic rings. The van der Waals surface area contributed by atoms with Gasteiger partial charge >= 0.3 is 0 Å². The Morgan fingerprint density at radius 3 is 2.60 bits per heavy atom. The minimum atomic E-state index is -0.223. The summed E-state index contributed by atoms with van der Waals surface area (Å²) in [6.45, 7) is 4.20. The van der Waals surface area contributed by atoms with Crippen LogP contribution in [0.4, 0.5) is 0 Å². The summed E-state index contributed by atoms with van der Waals surface area (Å²) in [5.74, 6) is 0.333. The molecular weight excluding hydrogens is 252 g/mol. The van der Waals surface area contributed by atoms with E-state index in [2.05, 4.69) is 4.90 Å². The van der Waals surface area contributed by atoms with Crippen molar-refractivity contribution in [3.63, 3.8) is 0 Å². The number of nitrogens with two attached hydrogens (primary N) is 1. The van der Waals surface area contributed by atoms with Gasteiger partial charge in [0, 0.05) is 12.0 Å². The Hall–Kier alpha value is -1.68. The zero-order chi connectivity index (χ0) is 14.5. The van der Waals surface area contributed by atoms with Crippen LogP contribution in [-0.4, -0.2) is 36.2 Å². The first-order valence-electron chi connectivity index (χ1n) is 7.15. The number of hydrogen-bond acceptors (Lipinski definition) is 3. The van der Waals surface area contributed by atoms with E-state index in [1.165, 1.54) is 0 Å². The van der Waals surface area contributed by atoms with Gasteiger partial charge < -0.3 is 5.73 Å². The lowest BCUT2D eigenvalue weighted by Crippen LogP contribution is -2.38. The molecule has 4 heteroatoms. The number of ketones is 1. The van der Waals surface area contributed by atoms with Crippen LogP contribution in [0.3, 0.4) is 0 Å². The van der Waals surface area contributed by atoms with Crippen molar-refractivity contribution in [3.8, 4) is 0 Å². The summed E-state index contributed by atoms with van der Waals surface area (Å²) in [6, 6.07) is 7.71. The highest BCUT2D eigenvalue weighted by atomic mass is 16.1. The van der Waals surface area contributed by atoms with Crippen LogP contribution in [0.1, 0.15) is 35.2 Å². The smallest absolute Gasteiger partial charge is 0.217 e. The van der Waals surface area contributed by atoms with E-state index in [9.17, 15) is 9.59 Å². The van der Waals surface area contributed by atoms with Crippen LogP contribution in [0.25, 0.3) is 0 Å². The molecule has 0 atom stereocenters. The monoisotopic (exact) mass is 274 g/mol. The van der Waals surface area contributed by atoms with Gasteiger partial charge in [-0.15, -0.1) is 0 Å². The first kappa shape index (κ1) is 14.7. The number of carbonyl (C=O) groups is 2. The molecule has 0 radical (unpaired) electrons. The Morgan fingerprint density at radius 1 is 1.30 bits per heavy atom. The van der Waals surface area contributed by atoms with Gasteiger partial charge in [-0.2, -0.15) is 0 Å². The van der Waals surface area contributed by atoms with Crippen molar-refractivity contribution < 1.29 is 9.59 Å². The number of carbonyl (C=O) groups excluding carboxylic acids is 2. The average molecular weight is 274 g/mol. The Kier molecular flexibility index (Phi) is 4.90. The molecule has 0 aliphatic carbocycles. The van der Waals surface area contributed by atoms with E-state index in [0.29, 0.717) is 18.9 Å². The molecule has 2 rings (SSSR count). The summed E-state index contributed by atoms with van der Waals surface area (Å²) in [4.78, 5) is 25.3. The van der Waals surface area contributed by atoms with Crippen LogP contribution in [0.15, 0.2) is 24.3 Å². The lowest BCUT2D eigenvalue weighted by atomic mass is 9.93. The quantitative estimate of drug-likeness (QED) is 0.832. The average Bonchev–Trinajstić information content (AvgIpc) is 2.40. The summed E-state index contributed by atoms with van der Waals surface area (Å²) in [5.41, 5.74) is 7.11. The fraction of sp³-hybridized carbons (Fsp3) is 0.500. The maximum absolute atomic E-state index is 12.2. The number of benzene rings is 1. The highest BCUT2D eigenvalue weighted by Gasteiger charge is 2.22. The van der Waals surface area contributed by atoms with Gasteiger partial charge in [0.2, 0.25) is 5.91 Å². The Bertz CT molecular complexity index is 491. The normalized spacial score (nSPS) is 17.1. The van der Waals surface area contributed by atoms with E-state index in [-0.39, 0.29) is 11.7 Å². The number of piperidine rings is 1. The van der Waals surface area contributed by atoms with Gasteiger partial charge in [0.05, 0.1) is 6.54 Å². The zero-order valence-electron chi connectivity index (χ0n) is 12.0. The summed E-state index contributed by atoms with van der Waals surface area (Å²) in [6.07, 6.45) is 2.37. The van der Waals surface area contributed by atoms with Gasteiger partial charge in [0.1, 0.15) is 0 Å². The summed E-state index contributed by atoms with van der Waals surface area (Å²) in [5, 5.41) is 0. The molecule has 0 bridgehead atoms. The predicted octanol–water partition coefficient (Wildman–Crippen LogP) is 1.77. The third-order valence-corrected chi connectivity index (χ3v) is 3.90. The molecule has 20 heavy (non-hydrogen) atoms. The molecule has 1 aliphatic rings. The van der Waals surface area contributed by atoms with Gasteiger partial charge in [0.25, 0.3) is 0 Å². The first-order valence-corrected chi connectivity index (χ1v) is 7.15. The maximum Gasteiger partial charge on any atom is 0.217 e. The Labute approximate surface area is 119 Å². The summed E-state index contributed by atoms with van der Waals surface area (Å²) < 4.78 is 0. The summed E-state index contributed by atoms with van der Waals surface area (Å²) >= 11 is 0. The molecule has 1 amide bonds. The molecule has 108 valence electrons. The van der Waals surface area contributed by atoms with Crippen LogP contribution in [0, 0.1) is 12.8 Å². The molecule has 0 unspecified atom stereocenters. The maximum atomic E-state index is 12.2. The van der Waals surface area contributed by atoms with Gasteiger partial charge in [-0.3, -0.25) is 14.5 Å². The van der Waals surface area contributed by atoms with Crippen molar-refractivity contribution in [2.45, 2.75) is 26.2 Å².